The number of hydrogen-bond donors (Lipinski definition) is 2. The molecule has 0 aliphatic carbocycles. The number of ether oxygens (including phenoxy) is 1. The van der Waals surface area contributed by atoms with Gasteiger partial charge in [-0.1, -0.05) is 24.3 Å². The Morgan fingerprint density at radius 2 is 1.92 bits per heavy atom. The van der Waals surface area contributed by atoms with E-state index in [4.69, 9.17) is 4.74 Å². The second-order valence-electron chi connectivity index (χ2n) is 6.42. The van der Waals surface area contributed by atoms with E-state index in [-0.39, 0.29) is 17.9 Å². The quantitative estimate of drug-likeness (QED) is 0.863. The highest BCUT2D eigenvalue weighted by atomic mass is 19.1. The van der Waals surface area contributed by atoms with Gasteiger partial charge < -0.3 is 15.4 Å². The molecular weight excluding hydrogens is 333 g/mol. The molecule has 1 fully saturated rings. The van der Waals surface area contributed by atoms with Crippen molar-refractivity contribution in [2.75, 3.05) is 38.2 Å². The molecule has 0 radical (unpaired) electrons. The standard InChI is InChI=1S/C20H24FN3O2/c1-15-3-2-4-18(13-15)23-20(25)22-14-19(24-9-11-26-12-10-24)16-5-7-17(21)8-6-16/h2-8,13,19H,9-12,14H2,1H3,(H2,22,23,25)/t19-/m1/s1. The summed E-state index contributed by atoms with van der Waals surface area (Å²) in [4.78, 5) is 14.5. The molecular formula is C20H24FN3O2. The van der Waals surface area contributed by atoms with Crippen LogP contribution < -0.4 is 10.6 Å². The third-order valence-electron chi connectivity index (χ3n) is 4.47. The normalized spacial score (nSPS) is 16.1. The van der Waals surface area contributed by atoms with Crippen molar-refractivity contribution >= 4 is 11.7 Å². The lowest BCUT2D eigenvalue weighted by Crippen LogP contribution is -2.44. The number of nitrogens with zero attached hydrogens (tertiary/aromatic N) is 1. The molecule has 3 rings (SSSR count). The zero-order chi connectivity index (χ0) is 18.4. The van der Waals surface area contributed by atoms with Gasteiger partial charge in [0.15, 0.2) is 0 Å². The summed E-state index contributed by atoms with van der Waals surface area (Å²) in [5.74, 6) is -0.264. The van der Waals surface area contributed by atoms with Gasteiger partial charge in [0, 0.05) is 25.3 Å². The summed E-state index contributed by atoms with van der Waals surface area (Å²) in [6.07, 6.45) is 0. The fourth-order valence-corrected chi connectivity index (χ4v) is 3.12. The van der Waals surface area contributed by atoms with Crippen LogP contribution in [0.2, 0.25) is 0 Å². The topological polar surface area (TPSA) is 53.6 Å². The monoisotopic (exact) mass is 357 g/mol. The first kappa shape index (κ1) is 18.4. The summed E-state index contributed by atoms with van der Waals surface area (Å²) in [7, 11) is 0. The predicted molar refractivity (Wildman–Crippen MR) is 99.7 cm³/mol. The smallest absolute Gasteiger partial charge is 0.319 e. The van der Waals surface area contributed by atoms with E-state index in [0.29, 0.717) is 19.8 Å². The second-order valence-corrected chi connectivity index (χ2v) is 6.42. The number of morpholine rings is 1. The third-order valence-corrected chi connectivity index (χ3v) is 4.47. The molecule has 0 aromatic heterocycles. The van der Waals surface area contributed by atoms with E-state index in [2.05, 4.69) is 15.5 Å². The maximum Gasteiger partial charge on any atom is 0.319 e. The van der Waals surface area contributed by atoms with Crippen LogP contribution in [0.4, 0.5) is 14.9 Å². The number of nitrogens with one attached hydrogen (secondary N) is 2. The molecule has 1 heterocycles. The van der Waals surface area contributed by atoms with Crippen LogP contribution in [0.5, 0.6) is 0 Å². The summed E-state index contributed by atoms with van der Waals surface area (Å²) >= 11 is 0. The molecule has 1 aliphatic heterocycles. The number of hydrogen-bond acceptors (Lipinski definition) is 3. The Hall–Kier alpha value is -2.44. The minimum absolute atomic E-state index is 0.0252. The van der Waals surface area contributed by atoms with Crippen molar-refractivity contribution < 1.29 is 13.9 Å². The second kappa shape index (κ2) is 8.78. The number of amides is 2. The minimum atomic E-state index is -0.264. The molecule has 0 bridgehead atoms. The van der Waals surface area contributed by atoms with Crippen molar-refractivity contribution in [3.05, 3.63) is 65.5 Å². The first-order valence-corrected chi connectivity index (χ1v) is 8.80. The lowest BCUT2D eigenvalue weighted by atomic mass is 10.0. The Morgan fingerprint density at radius 1 is 1.19 bits per heavy atom. The van der Waals surface area contributed by atoms with Gasteiger partial charge in [-0.2, -0.15) is 0 Å². The van der Waals surface area contributed by atoms with Crippen molar-refractivity contribution in [1.82, 2.24) is 10.2 Å². The molecule has 1 atom stereocenters. The molecule has 2 aromatic rings. The van der Waals surface area contributed by atoms with Crippen molar-refractivity contribution in [3.8, 4) is 0 Å². The molecule has 2 aromatic carbocycles. The lowest BCUT2D eigenvalue weighted by molar-refractivity contribution is 0.0167. The Labute approximate surface area is 153 Å². The van der Waals surface area contributed by atoms with Crippen molar-refractivity contribution in [2.45, 2.75) is 13.0 Å². The Balaban J connectivity index is 1.65. The molecule has 1 saturated heterocycles. The fourth-order valence-electron chi connectivity index (χ4n) is 3.12. The van der Waals surface area contributed by atoms with Crippen molar-refractivity contribution in [2.24, 2.45) is 0 Å². The van der Waals surface area contributed by atoms with Gasteiger partial charge in [-0.25, -0.2) is 9.18 Å². The summed E-state index contributed by atoms with van der Waals surface area (Å²) in [6.45, 7) is 5.29. The fraction of sp³-hybridized carbons (Fsp3) is 0.350. The van der Waals surface area contributed by atoms with Crippen LogP contribution in [0, 0.1) is 12.7 Å². The summed E-state index contributed by atoms with van der Waals surface area (Å²) in [6, 6.07) is 13.8. The summed E-state index contributed by atoms with van der Waals surface area (Å²) in [5.41, 5.74) is 2.82. The number of carbonyl (C=O) groups excluding carboxylic acids is 1. The van der Waals surface area contributed by atoms with E-state index in [1.807, 2.05) is 31.2 Å². The third kappa shape index (κ3) is 5.03. The van der Waals surface area contributed by atoms with E-state index in [1.54, 1.807) is 12.1 Å². The average Bonchev–Trinajstić information content (AvgIpc) is 2.64. The lowest BCUT2D eigenvalue weighted by Gasteiger charge is -2.35. The van der Waals surface area contributed by atoms with Gasteiger partial charge in [-0.05, 0) is 42.3 Å². The SMILES string of the molecule is Cc1cccc(NC(=O)NC[C@H](c2ccc(F)cc2)N2CCOCC2)c1. The van der Waals surface area contributed by atoms with Gasteiger partial charge in [0.25, 0.3) is 0 Å². The van der Waals surface area contributed by atoms with Crippen LogP contribution in [0.3, 0.4) is 0 Å². The number of anilines is 1. The first-order chi connectivity index (χ1) is 12.6. The zero-order valence-corrected chi connectivity index (χ0v) is 14.9. The number of aryl methyl sites for hydroxylation is 1. The van der Waals surface area contributed by atoms with Gasteiger partial charge in [-0.3, -0.25) is 4.90 Å². The van der Waals surface area contributed by atoms with Crippen LogP contribution in [0.15, 0.2) is 48.5 Å². The van der Waals surface area contributed by atoms with Crippen LogP contribution in [-0.2, 0) is 4.74 Å². The van der Waals surface area contributed by atoms with Crippen molar-refractivity contribution in [1.29, 1.82) is 0 Å². The average molecular weight is 357 g/mol. The number of benzene rings is 2. The van der Waals surface area contributed by atoms with Gasteiger partial charge in [0.2, 0.25) is 0 Å². The highest BCUT2D eigenvalue weighted by molar-refractivity contribution is 5.89. The van der Waals surface area contributed by atoms with Crippen LogP contribution in [0.1, 0.15) is 17.2 Å². The number of rotatable bonds is 5. The molecule has 26 heavy (non-hydrogen) atoms. The molecule has 0 saturated carbocycles. The van der Waals surface area contributed by atoms with Crippen LogP contribution in [-0.4, -0.2) is 43.8 Å². The highest BCUT2D eigenvalue weighted by Crippen LogP contribution is 2.21. The maximum absolute atomic E-state index is 13.3. The van der Waals surface area contributed by atoms with E-state index in [0.717, 1.165) is 29.9 Å². The largest absolute Gasteiger partial charge is 0.379 e. The summed E-state index contributed by atoms with van der Waals surface area (Å²) < 4.78 is 18.7. The van der Waals surface area contributed by atoms with E-state index in [9.17, 15) is 9.18 Å². The zero-order valence-electron chi connectivity index (χ0n) is 14.9. The summed E-state index contributed by atoms with van der Waals surface area (Å²) in [5, 5.41) is 5.78. The van der Waals surface area contributed by atoms with E-state index >= 15 is 0 Å². The highest BCUT2D eigenvalue weighted by Gasteiger charge is 2.23. The van der Waals surface area contributed by atoms with Gasteiger partial charge in [0.05, 0.1) is 19.3 Å². The number of urea groups is 1. The first-order valence-electron chi connectivity index (χ1n) is 8.80. The van der Waals surface area contributed by atoms with Crippen LogP contribution >= 0.6 is 0 Å². The molecule has 2 amide bonds. The van der Waals surface area contributed by atoms with Crippen molar-refractivity contribution in [3.63, 3.8) is 0 Å². The number of halogens is 1. The Kier molecular flexibility index (Phi) is 6.20. The molecule has 6 heteroatoms. The molecule has 0 spiro atoms. The minimum Gasteiger partial charge on any atom is -0.379 e. The van der Waals surface area contributed by atoms with E-state index < -0.39 is 0 Å². The van der Waals surface area contributed by atoms with Crippen LogP contribution in [0.25, 0.3) is 0 Å². The number of carbonyl (C=O) groups is 1. The molecule has 2 N–H and O–H groups in total. The van der Waals surface area contributed by atoms with Gasteiger partial charge >= 0.3 is 6.03 Å². The molecule has 5 nitrogen and oxygen atoms in total. The molecule has 1 aliphatic rings. The van der Waals surface area contributed by atoms with Gasteiger partial charge in [-0.15, -0.1) is 0 Å². The van der Waals surface area contributed by atoms with Gasteiger partial charge in [0.1, 0.15) is 5.82 Å². The maximum atomic E-state index is 13.3. The Bertz CT molecular complexity index is 730. The predicted octanol–water partition coefficient (Wildman–Crippen LogP) is 3.33. The Morgan fingerprint density at radius 3 is 2.62 bits per heavy atom. The molecule has 0 unspecified atom stereocenters. The van der Waals surface area contributed by atoms with E-state index in [1.165, 1.54) is 12.1 Å². The molecule has 138 valence electrons.